The molecule has 15 heavy (non-hydrogen) atoms. The summed E-state index contributed by atoms with van der Waals surface area (Å²) in [6.45, 7) is 0. The molecule has 0 radical (unpaired) electrons. The minimum Gasteiger partial charge on any atom is -0.364 e. The third-order valence-corrected chi connectivity index (χ3v) is 2.37. The van der Waals surface area contributed by atoms with Crippen LogP contribution in [0.2, 0.25) is 0 Å². The van der Waals surface area contributed by atoms with Crippen molar-refractivity contribution in [2.45, 2.75) is 0 Å². The molecule has 0 aliphatic rings. The molecule has 2 N–H and O–H groups in total. The smallest absolute Gasteiger partial charge is 0.267 e. The molecule has 0 bridgehead atoms. The van der Waals surface area contributed by atoms with E-state index < -0.39 is 5.91 Å². The molecule has 5 nitrogen and oxygen atoms in total. The Morgan fingerprint density at radius 1 is 1.53 bits per heavy atom. The van der Waals surface area contributed by atoms with Crippen molar-refractivity contribution < 1.29 is 4.79 Å². The van der Waals surface area contributed by atoms with Gasteiger partial charge in [0.25, 0.3) is 5.91 Å². The number of carbonyl (C=O) groups excluding carboxylic acids is 1. The Morgan fingerprint density at radius 3 is 2.93 bits per heavy atom. The van der Waals surface area contributed by atoms with E-state index in [0.29, 0.717) is 0 Å². The molecule has 0 unspecified atom stereocenters. The van der Waals surface area contributed by atoms with Crippen molar-refractivity contribution in [2.24, 2.45) is 5.73 Å². The zero-order valence-electron chi connectivity index (χ0n) is 7.59. The summed E-state index contributed by atoms with van der Waals surface area (Å²) in [6.07, 6.45) is 5.11. The SMILES string of the molecule is NC(=O)c1cc(-n2cc(I)cn2)ccn1. The number of pyridine rings is 1. The topological polar surface area (TPSA) is 73.8 Å². The molecule has 0 saturated carbocycles. The third-order valence-electron chi connectivity index (χ3n) is 1.81. The quantitative estimate of drug-likeness (QED) is 0.840. The lowest BCUT2D eigenvalue weighted by Gasteiger charge is -2.01. The van der Waals surface area contributed by atoms with Crippen LogP contribution in [0.15, 0.2) is 30.7 Å². The van der Waals surface area contributed by atoms with Gasteiger partial charge in [-0.1, -0.05) is 0 Å². The van der Waals surface area contributed by atoms with Crippen molar-refractivity contribution in [1.82, 2.24) is 14.8 Å². The Morgan fingerprint density at radius 2 is 2.33 bits per heavy atom. The summed E-state index contributed by atoms with van der Waals surface area (Å²) >= 11 is 2.16. The summed E-state index contributed by atoms with van der Waals surface area (Å²) in [7, 11) is 0. The Balaban J connectivity index is 2.45. The van der Waals surface area contributed by atoms with Crippen molar-refractivity contribution in [3.63, 3.8) is 0 Å². The minimum absolute atomic E-state index is 0.234. The van der Waals surface area contributed by atoms with Crippen molar-refractivity contribution in [3.05, 3.63) is 40.0 Å². The van der Waals surface area contributed by atoms with Crippen LogP contribution >= 0.6 is 22.6 Å². The number of nitrogens with zero attached hydrogens (tertiary/aromatic N) is 3. The molecule has 0 fully saturated rings. The Hall–Kier alpha value is -1.44. The van der Waals surface area contributed by atoms with Crippen LogP contribution in [0.5, 0.6) is 0 Å². The number of primary amides is 1. The zero-order chi connectivity index (χ0) is 10.8. The second-order valence-electron chi connectivity index (χ2n) is 2.87. The van der Waals surface area contributed by atoms with E-state index in [9.17, 15) is 4.79 Å². The van der Waals surface area contributed by atoms with Gasteiger partial charge in [-0.05, 0) is 34.7 Å². The van der Waals surface area contributed by atoms with Crippen LogP contribution in [-0.2, 0) is 0 Å². The Bertz CT molecular complexity index is 508. The van der Waals surface area contributed by atoms with E-state index in [1.165, 1.54) is 6.20 Å². The largest absolute Gasteiger partial charge is 0.364 e. The van der Waals surface area contributed by atoms with Crippen LogP contribution in [0.3, 0.4) is 0 Å². The molecular weight excluding hydrogens is 307 g/mol. The van der Waals surface area contributed by atoms with E-state index in [2.05, 4.69) is 32.7 Å². The lowest BCUT2D eigenvalue weighted by Crippen LogP contribution is -2.13. The van der Waals surface area contributed by atoms with E-state index in [1.54, 1.807) is 23.0 Å². The first-order chi connectivity index (χ1) is 7.16. The predicted molar refractivity (Wildman–Crippen MR) is 62.6 cm³/mol. The number of hydrogen-bond donors (Lipinski definition) is 1. The molecule has 0 atom stereocenters. The molecule has 1 amide bonds. The van der Waals surface area contributed by atoms with E-state index in [1.807, 2.05) is 6.20 Å². The molecule has 2 aromatic heterocycles. The predicted octanol–water partition coefficient (Wildman–Crippen LogP) is 0.971. The van der Waals surface area contributed by atoms with Crippen LogP contribution in [-0.4, -0.2) is 20.7 Å². The summed E-state index contributed by atoms with van der Waals surface area (Å²) < 4.78 is 2.68. The molecule has 0 aromatic carbocycles. The highest BCUT2D eigenvalue weighted by Gasteiger charge is 2.04. The fourth-order valence-electron chi connectivity index (χ4n) is 1.14. The van der Waals surface area contributed by atoms with Gasteiger partial charge in [-0.15, -0.1) is 0 Å². The zero-order valence-corrected chi connectivity index (χ0v) is 9.75. The minimum atomic E-state index is -0.543. The molecular formula is C9H7IN4O. The van der Waals surface area contributed by atoms with E-state index in [0.717, 1.165) is 9.26 Å². The summed E-state index contributed by atoms with van der Waals surface area (Å²) in [5.41, 5.74) is 6.13. The van der Waals surface area contributed by atoms with Gasteiger partial charge in [-0.2, -0.15) is 5.10 Å². The first kappa shape index (κ1) is 10.1. The molecule has 2 aromatic rings. The molecule has 2 rings (SSSR count). The second kappa shape index (κ2) is 3.97. The van der Waals surface area contributed by atoms with Gasteiger partial charge in [0, 0.05) is 12.4 Å². The number of hydrogen-bond acceptors (Lipinski definition) is 3. The summed E-state index contributed by atoms with van der Waals surface area (Å²) in [5.74, 6) is -0.543. The summed E-state index contributed by atoms with van der Waals surface area (Å²) in [4.78, 5) is 14.8. The van der Waals surface area contributed by atoms with Crippen molar-refractivity contribution in [2.75, 3.05) is 0 Å². The normalized spacial score (nSPS) is 10.2. The summed E-state index contributed by atoms with van der Waals surface area (Å²) in [6, 6.07) is 3.36. The fourth-order valence-corrected chi connectivity index (χ4v) is 1.53. The van der Waals surface area contributed by atoms with Crippen molar-refractivity contribution in [1.29, 1.82) is 0 Å². The maximum atomic E-state index is 10.9. The van der Waals surface area contributed by atoms with Crippen LogP contribution < -0.4 is 5.73 Å². The number of carbonyl (C=O) groups is 1. The molecule has 6 heteroatoms. The van der Waals surface area contributed by atoms with Gasteiger partial charge in [0.1, 0.15) is 5.69 Å². The van der Waals surface area contributed by atoms with Gasteiger partial charge in [-0.25, -0.2) is 4.68 Å². The van der Waals surface area contributed by atoms with E-state index in [4.69, 9.17) is 5.73 Å². The van der Waals surface area contributed by atoms with Crippen molar-refractivity contribution >= 4 is 28.5 Å². The lowest BCUT2D eigenvalue weighted by atomic mass is 10.3. The average Bonchev–Trinajstić information content (AvgIpc) is 2.65. The first-order valence-electron chi connectivity index (χ1n) is 4.13. The number of amides is 1. The van der Waals surface area contributed by atoms with Gasteiger partial charge in [0.2, 0.25) is 0 Å². The number of rotatable bonds is 2. The van der Waals surface area contributed by atoms with Gasteiger partial charge < -0.3 is 5.73 Å². The Labute approximate surface area is 99.4 Å². The molecule has 0 aliphatic heterocycles. The lowest BCUT2D eigenvalue weighted by molar-refractivity contribution is 0.0995. The van der Waals surface area contributed by atoms with Crippen LogP contribution in [0.4, 0.5) is 0 Å². The van der Waals surface area contributed by atoms with Gasteiger partial charge in [-0.3, -0.25) is 9.78 Å². The highest BCUT2D eigenvalue weighted by atomic mass is 127. The molecule has 0 saturated heterocycles. The Kier molecular flexibility index (Phi) is 2.67. The summed E-state index contributed by atoms with van der Waals surface area (Å²) in [5, 5.41) is 4.12. The molecule has 2 heterocycles. The maximum Gasteiger partial charge on any atom is 0.267 e. The highest BCUT2D eigenvalue weighted by molar-refractivity contribution is 14.1. The standard InChI is InChI=1S/C9H7IN4O/c10-6-4-13-14(5-6)7-1-2-12-8(3-7)9(11)15/h1-5H,(H2,11,15). The van der Waals surface area contributed by atoms with E-state index in [-0.39, 0.29) is 5.69 Å². The van der Waals surface area contributed by atoms with Crippen LogP contribution in [0, 0.1) is 3.57 Å². The number of nitrogens with two attached hydrogens (primary N) is 1. The highest BCUT2D eigenvalue weighted by Crippen LogP contribution is 2.09. The van der Waals surface area contributed by atoms with Gasteiger partial charge in [0.15, 0.2) is 0 Å². The van der Waals surface area contributed by atoms with Gasteiger partial charge >= 0.3 is 0 Å². The molecule has 76 valence electrons. The average molecular weight is 314 g/mol. The van der Waals surface area contributed by atoms with Gasteiger partial charge in [0.05, 0.1) is 15.5 Å². The monoisotopic (exact) mass is 314 g/mol. The maximum absolute atomic E-state index is 10.9. The second-order valence-corrected chi connectivity index (χ2v) is 4.11. The number of halogens is 1. The first-order valence-corrected chi connectivity index (χ1v) is 5.21. The van der Waals surface area contributed by atoms with Crippen LogP contribution in [0.1, 0.15) is 10.5 Å². The number of aromatic nitrogens is 3. The molecule has 0 spiro atoms. The van der Waals surface area contributed by atoms with E-state index >= 15 is 0 Å². The van der Waals surface area contributed by atoms with Crippen molar-refractivity contribution in [3.8, 4) is 5.69 Å². The third kappa shape index (κ3) is 2.14. The van der Waals surface area contributed by atoms with Crippen LogP contribution in [0.25, 0.3) is 5.69 Å². The fraction of sp³-hybridized carbons (Fsp3) is 0. The molecule has 0 aliphatic carbocycles.